The fourth-order valence-electron chi connectivity index (χ4n) is 1.35. The van der Waals surface area contributed by atoms with Crippen molar-refractivity contribution < 1.29 is 14.6 Å². The van der Waals surface area contributed by atoms with Crippen LogP contribution in [0.15, 0.2) is 0 Å². The molecule has 84 valence electrons. The Morgan fingerprint density at radius 3 is 3.00 bits per heavy atom. The fraction of sp³-hybridized carbons (Fsp3) is 1.00. The van der Waals surface area contributed by atoms with Gasteiger partial charge in [-0.2, -0.15) is 0 Å². The molecule has 2 atom stereocenters. The number of hydrogen-bond donors (Lipinski definition) is 2. The van der Waals surface area contributed by atoms with Gasteiger partial charge in [0, 0.05) is 24.7 Å². The van der Waals surface area contributed by atoms with E-state index in [-0.39, 0.29) is 6.61 Å². The molecule has 1 rings (SSSR count). The van der Waals surface area contributed by atoms with Gasteiger partial charge in [0.05, 0.1) is 19.8 Å². The maximum absolute atomic E-state index is 8.90. The zero-order valence-corrected chi connectivity index (χ0v) is 8.87. The highest BCUT2D eigenvalue weighted by atomic mass is 16.5. The van der Waals surface area contributed by atoms with Gasteiger partial charge in [-0.1, -0.05) is 0 Å². The molecule has 2 unspecified atom stereocenters. The minimum atomic E-state index is -0.508. The van der Waals surface area contributed by atoms with Gasteiger partial charge in [0.2, 0.25) is 0 Å². The van der Waals surface area contributed by atoms with Crippen molar-refractivity contribution in [3.8, 4) is 0 Å². The van der Waals surface area contributed by atoms with Gasteiger partial charge >= 0.3 is 0 Å². The molecule has 0 bridgehead atoms. The Hall–Kier alpha value is -0.160. The van der Waals surface area contributed by atoms with E-state index in [1.54, 1.807) is 0 Å². The summed E-state index contributed by atoms with van der Waals surface area (Å²) in [5, 5.41) is 8.90. The predicted molar refractivity (Wildman–Crippen MR) is 54.0 cm³/mol. The summed E-state index contributed by atoms with van der Waals surface area (Å²) >= 11 is 0. The third-order valence-corrected chi connectivity index (χ3v) is 2.56. The van der Waals surface area contributed by atoms with Gasteiger partial charge in [-0.25, -0.2) is 0 Å². The number of hydrogen-bond acceptors (Lipinski definition) is 4. The molecule has 1 aliphatic heterocycles. The van der Waals surface area contributed by atoms with E-state index < -0.39 is 5.54 Å². The zero-order chi connectivity index (χ0) is 10.4. The average molecular weight is 203 g/mol. The lowest BCUT2D eigenvalue weighted by molar-refractivity contribution is 0.0702. The van der Waals surface area contributed by atoms with Crippen molar-refractivity contribution in [1.82, 2.24) is 0 Å². The molecule has 0 saturated carbocycles. The fourth-order valence-corrected chi connectivity index (χ4v) is 1.35. The van der Waals surface area contributed by atoms with Crippen molar-refractivity contribution in [2.75, 3.05) is 33.0 Å². The van der Waals surface area contributed by atoms with Gasteiger partial charge in [-0.05, 0) is 19.8 Å². The molecule has 0 aromatic rings. The topological polar surface area (TPSA) is 64.7 Å². The highest BCUT2D eigenvalue weighted by Crippen LogP contribution is 2.13. The van der Waals surface area contributed by atoms with Gasteiger partial charge in [-0.15, -0.1) is 0 Å². The summed E-state index contributed by atoms with van der Waals surface area (Å²) in [5.41, 5.74) is 5.25. The lowest BCUT2D eigenvalue weighted by atomic mass is 10.0. The summed E-state index contributed by atoms with van der Waals surface area (Å²) < 4.78 is 10.7. The SMILES string of the molecule is CC(N)(CO)CCOCC1CCOC1. The molecule has 0 radical (unpaired) electrons. The highest BCUT2D eigenvalue weighted by Gasteiger charge is 2.18. The van der Waals surface area contributed by atoms with E-state index in [4.69, 9.17) is 20.3 Å². The van der Waals surface area contributed by atoms with E-state index in [1.807, 2.05) is 6.92 Å². The second kappa shape index (κ2) is 5.66. The molecule has 0 aromatic carbocycles. The quantitative estimate of drug-likeness (QED) is 0.603. The standard InChI is InChI=1S/C10H21NO3/c1-10(11,8-12)3-5-14-7-9-2-4-13-6-9/h9,12H,2-8,11H2,1H3. The molecular formula is C10H21NO3. The van der Waals surface area contributed by atoms with Crippen LogP contribution < -0.4 is 5.73 Å². The number of aliphatic hydroxyl groups is 1. The molecule has 3 N–H and O–H groups in total. The van der Waals surface area contributed by atoms with E-state index in [9.17, 15) is 0 Å². The molecule has 0 amide bonds. The van der Waals surface area contributed by atoms with E-state index >= 15 is 0 Å². The first-order valence-electron chi connectivity index (χ1n) is 5.19. The van der Waals surface area contributed by atoms with Crippen LogP contribution in [0.4, 0.5) is 0 Å². The van der Waals surface area contributed by atoms with Gasteiger partial charge in [-0.3, -0.25) is 0 Å². The van der Waals surface area contributed by atoms with Crippen LogP contribution in [0, 0.1) is 5.92 Å². The molecular weight excluding hydrogens is 182 g/mol. The van der Waals surface area contributed by atoms with Crippen molar-refractivity contribution in [3.05, 3.63) is 0 Å². The van der Waals surface area contributed by atoms with E-state index in [2.05, 4.69) is 0 Å². The molecule has 1 heterocycles. The normalized spacial score (nSPS) is 26.4. The van der Waals surface area contributed by atoms with Crippen LogP contribution in [0.1, 0.15) is 19.8 Å². The third-order valence-electron chi connectivity index (χ3n) is 2.56. The summed E-state index contributed by atoms with van der Waals surface area (Å²) in [5.74, 6) is 0.549. The summed E-state index contributed by atoms with van der Waals surface area (Å²) in [6.45, 7) is 4.88. The minimum absolute atomic E-state index is 0.00288. The Labute approximate surface area is 85.4 Å². The molecule has 1 aliphatic rings. The lowest BCUT2D eigenvalue weighted by Crippen LogP contribution is -2.41. The van der Waals surface area contributed by atoms with Crippen LogP contribution in [0.3, 0.4) is 0 Å². The van der Waals surface area contributed by atoms with Crippen molar-refractivity contribution in [3.63, 3.8) is 0 Å². The van der Waals surface area contributed by atoms with Gasteiger partial charge in [0.25, 0.3) is 0 Å². The first kappa shape index (κ1) is 11.9. The average Bonchev–Trinajstić information content (AvgIpc) is 2.65. The number of rotatable bonds is 6. The van der Waals surface area contributed by atoms with Crippen LogP contribution in [0.2, 0.25) is 0 Å². The van der Waals surface area contributed by atoms with E-state index in [0.717, 1.165) is 26.2 Å². The van der Waals surface area contributed by atoms with Crippen LogP contribution in [-0.2, 0) is 9.47 Å². The Bertz CT molecular complexity index is 155. The summed E-state index contributed by atoms with van der Waals surface area (Å²) in [6, 6.07) is 0. The Morgan fingerprint density at radius 2 is 2.43 bits per heavy atom. The summed E-state index contributed by atoms with van der Waals surface area (Å²) in [4.78, 5) is 0. The van der Waals surface area contributed by atoms with Gasteiger partial charge in [0.15, 0.2) is 0 Å². The monoisotopic (exact) mass is 203 g/mol. The van der Waals surface area contributed by atoms with Crippen LogP contribution in [0.5, 0.6) is 0 Å². The highest BCUT2D eigenvalue weighted by molar-refractivity contribution is 4.76. The summed E-state index contributed by atoms with van der Waals surface area (Å²) in [7, 11) is 0. The van der Waals surface area contributed by atoms with Crippen molar-refractivity contribution in [1.29, 1.82) is 0 Å². The third kappa shape index (κ3) is 4.37. The van der Waals surface area contributed by atoms with Crippen LogP contribution in [0.25, 0.3) is 0 Å². The minimum Gasteiger partial charge on any atom is -0.394 e. The molecule has 4 heteroatoms. The van der Waals surface area contributed by atoms with E-state index in [1.165, 1.54) is 0 Å². The molecule has 0 aliphatic carbocycles. The van der Waals surface area contributed by atoms with E-state index in [0.29, 0.717) is 18.9 Å². The molecule has 1 fully saturated rings. The lowest BCUT2D eigenvalue weighted by Gasteiger charge is -2.21. The number of nitrogens with two attached hydrogens (primary N) is 1. The largest absolute Gasteiger partial charge is 0.394 e. The maximum atomic E-state index is 8.90. The Morgan fingerprint density at radius 1 is 1.64 bits per heavy atom. The van der Waals surface area contributed by atoms with Crippen LogP contribution >= 0.6 is 0 Å². The van der Waals surface area contributed by atoms with Crippen LogP contribution in [-0.4, -0.2) is 43.7 Å². The Balaban J connectivity index is 1.98. The smallest absolute Gasteiger partial charge is 0.0609 e. The maximum Gasteiger partial charge on any atom is 0.0609 e. The Kier molecular flexibility index (Phi) is 4.81. The zero-order valence-electron chi connectivity index (χ0n) is 8.87. The van der Waals surface area contributed by atoms with Gasteiger partial charge in [0.1, 0.15) is 0 Å². The van der Waals surface area contributed by atoms with Crippen molar-refractivity contribution in [2.45, 2.75) is 25.3 Å². The molecule has 1 saturated heterocycles. The second-order valence-electron chi connectivity index (χ2n) is 4.37. The first-order chi connectivity index (χ1) is 6.64. The second-order valence-corrected chi connectivity index (χ2v) is 4.37. The van der Waals surface area contributed by atoms with Gasteiger partial charge < -0.3 is 20.3 Å². The first-order valence-corrected chi connectivity index (χ1v) is 5.19. The summed E-state index contributed by atoms with van der Waals surface area (Å²) in [6.07, 6.45) is 1.79. The van der Waals surface area contributed by atoms with Crippen molar-refractivity contribution in [2.24, 2.45) is 11.7 Å². The molecule has 0 spiro atoms. The predicted octanol–water partition coefficient (Wildman–Crippen LogP) is 0.139. The van der Waals surface area contributed by atoms with Crippen molar-refractivity contribution >= 4 is 0 Å². The molecule has 0 aromatic heterocycles. The molecule has 4 nitrogen and oxygen atoms in total. The number of aliphatic hydroxyl groups excluding tert-OH is 1. The number of ether oxygens (including phenoxy) is 2. The molecule has 14 heavy (non-hydrogen) atoms.